The normalized spacial score (nSPS) is 29.8. The first-order valence-corrected chi connectivity index (χ1v) is 7.18. The Kier molecular flexibility index (Phi) is 3.30. The van der Waals surface area contributed by atoms with E-state index in [4.69, 9.17) is 4.74 Å². The predicted molar refractivity (Wildman–Crippen MR) is 72.4 cm³/mol. The molecule has 2 saturated heterocycles. The summed E-state index contributed by atoms with van der Waals surface area (Å²) in [4.78, 5) is 14.3. The smallest absolute Gasteiger partial charge is 0.272 e. The molecule has 2 atom stereocenters. The summed E-state index contributed by atoms with van der Waals surface area (Å²) in [5.41, 5.74) is 0.0282. The first kappa shape index (κ1) is 13.6. The van der Waals surface area contributed by atoms with Crippen LogP contribution in [0.4, 0.5) is 0 Å². The highest BCUT2D eigenvalue weighted by atomic mass is 16.5. The summed E-state index contributed by atoms with van der Waals surface area (Å²) < 4.78 is 7.44. The number of nitrogens with zero attached hydrogens (tertiary/aromatic N) is 3. The largest absolute Gasteiger partial charge is 0.388 e. The highest BCUT2D eigenvalue weighted by molar-refractivity contribution is 5.93. The topological polar surface area (TPSA) is 67.6 Å². The molecule has 0 aromatic carbocycles. The van der Waals surface area contributed by atoms with Gasteiger partial charge in [-0.1, -0.05) is 0 Å². The molecule has 6 heteroatoms. The fraction of sp³-hybridized carbons (Fsp3) is 0.714. The van der Waals surface area contributed by atoms with Crippen LogP contribution in [0.3, 0.4) is 0 Å². The summed E-state index contributed by atoms with van der Waals surface area (Å²) in [6.45, 7) is 5.45. The zero-order valence-corrected chi connectivity index (χ0v) is 12.0. The molecule has 20 heavy (non-hydrogen) atoms. The van der Waals surface area contributed by atoms with Crippen molar-refractivity contribution < 1.29 is 14.6 Å². The molecule has 0 aliphatic carbocycles. The standard InChI is InChI=1S/C14H21N3O3/c1-10(2)17-11(4-6-15-17)13(19)16-8-12(18)14(9-16)5-3-7-20-14/h4,6,10,12,18H,3,5,7-9H2,1-2H3/t12-,14-/m0/s1. The molecular formula is C14H21N3O3. The van der Waals surface area contributed by atoms with E-state index in [1.165, 1.54) is 0 Å². The van der Waals surface area contributed by atoms with E-state index >= 15 is 0 Å². The molecule has 110 valence electrons. The van der Waals surface area contributed by atoms with Gasteiger partial charge < -0.3 is 14.7 Å². The van der Waals surface area contributed by atoms with E-state index in [0.717, 1.165) is 12.8 Å². The van der Waals surface area contributed by atoms with Gasteiger partial charge in [0.2, 0.25) is 0 Å². The van der Waals surface area contributed by atoms with Crippen LogP contribution < -0.4 is 0 Å². The fourth-order valence-electron chi connectivity index (χ4n) is 3.19. The van der Waals surface area contributed by atoms with E-state index in [1.54, 1.807) is 21.8 Å². The van der Waals surface area contributed by atoms with Crippen LogP contribution in [0.1, 0.15) is 43.2 Å². The molecule has 2 aliphatic rings. The maximum atomic E-state index is 12.6. The number of amides is 1. The van der Waals surface area contributed by atoms with Crippen LogP contribution in [0, 0.1) is 0 Å². The molecule has 3 rings (SSSR count). The molecule has 2 fully saturated rings. The molecule has 1 N–H and O–H groups in total. The van der Waals surface area contributed by atoms with Crippen LogP contribution in [0.2, 0.25) is 0 Å². The summed E-state index contributed by atoms with van der Waals surface area (Å²) in [7, 11) is 0. The van der Waals surface area contributed by atoms with E-state index < -0.39 is 11.7 Å². The average molecular weight is 279 g/mol. The third-order valence-electron chi connectivity index (χ3n) is 4.26. The van der Waals surface area contributed by atoms with Crippen molar-refractivity contribution in [3.63, 3.8) is 0 Å². The number of carbonyl (C=O) groups excluding carboxylic acids is 1. The van der Waals surface area contributed by atoms with E-state index in [2.05, 4.69) is 5.10 Å². The molecule has 6 nitrogen and oxygen atoms in total. The van der Waals surface area contributed by atoms with Gasteiger partial charge in [-0.2, -0.15) is 5.10 Å². The molecule has 1 spiro atoms. The molecular weight excluding hydrogens is 258 g/mol. The molecule has 0 bridgehead atoms. The Hall–Kier alpha value is -1.40. The van der Waals surface area contributed by atoms with E-state index in [1.807, 2.05) is 13.8 Å². The Balaban J connectivity index is 1.80. The first-order chi connectivity index (χ1) is 9.53. The molecule has 1 amide bonds. The minimum Gasteiger partial charge on any atom is -0.388 e. The lowest BCUT2D eigenvalue weighted by atomic mass is 9.97. The molecule has 0 radical (unpaired) electrons. The lowest BCUT2D eigenvalue weighted by Gasteiger charge is -2.25. The zero-order valence-electron chi connectivity index (χ0n) is 12.0. The minimum atomic E-state index is -0.593. The molecule has 1 aromatic rings. The Morgan fingerprint density at radius 2 is 2.40 bits per heavy atom. The SMILES string of the molecule is CC(C)n1nccc1C(=O)N1C[C@H](O)[C@]2(CCCO2)C1. The van der Waals surface area contributed by atoms with Crippen molar-refractivity contribution in [2.75, 3.05) is 19.7 Å². The molecule has 3 heterocycles. The number of aromatic nitrogens is 2. The third-order valence-corrected chi connectivity index (χ3v) is 4.26. The second kappa shape index (κ2) is 4.86. The Labute approximate surface area is 118 Å². The lowest BCUT2D eigenvalue weighted by Crippen LogP contribution is -2.41. The van der Waals surface area contributed by atoms with Gasteiger partial charge in [-0.3, -0.25) is 9.48 Å². The number of rotatable bonds is 2. The van der Waals surface area contributed by atoms with E-state index in [-0.39, 0.29) is 11.9 Å². The van der Waals surface area contributed by atoms with Gasteiger partial charge in [-0.15, -0.1) is 0 Å². The molecule has 1 aromatic heterocycles. The van der Waals surface area contributed by atoms with E-state index in [9.17, 15) is 9.90 Å². The lowest BCUT2D eigenvalue weighted by molar-refractivity contribution is -0.0590. The van der Waals surface area contributed by atoms with Crippen LogP contribution in [0.25, 0.3) is 0 Å². The maximum absolute atomic E-state index is 12.6. The van der Waals surface area contributed by atoms with Gasteiger partial charge in [-0.25, -0.2) is 0 Å². The van der Waals surface area contributed by atoms with Crippen LogP contribution in [-0.2, 0) is 4.74 Å². The Morgan fingerprint density at radius 1 is 1.60 bits per heavy atom. The molecule has 0 saturated carbocycles. The van der Waals surface area contributed by atoms with Gasteiger partial charge in [0.05, 0.1) is 6.54 Å². The van der Waals surface area contributed by atoms with Crippen molar-refractivity contribution in [1.82, 2.24) is 14.7 Å². The van der Waals surface area contributed by atoms with E-state index in [0.29, 0.717) is 25.4 Å². The second-order valence-electron chi connectivity index (χ2n) is 5.97. The summed E-state index contributed by atoms with van der Waals surface area (Å²) in [5.74, 6) is -0.0809. The van der Waals surface area contributed by atoms with Gasteiger partial charge in [0, 0.05) is 25.4 Å². The molecule has 0 unspecified atom stereocenters. The van der Waals surface area contributed by atoms with Crippen LogP contribution in [-0.4, -0.2) is 57.1 Å². The number of aliphatic hydroxyl groups is 1. The summed E-state index contributed by atoms with van der Waals surface area (Å²) in [6, 6.07) is 1.86. The highest BCUT2D eigenvalue weighted by Gasteiger charge is 2.50. The second-order valence-corrected chi connectivity index (χ2v) is 5.97. The predicted octanol–water partition coefficient (Wildman–Crippen LogP) is 0.830. The van der Waals surface area contributed by atoms with Gasteiger partial charge in [-0.05, 0) is 32.8 Å². The van der Waals surface area contributed by atoms with Crippen LogP contribution >= 0.6 is 0 Å². The van der Waals surface area contributed by atoms with Gasteiger partial charge >= 0.3 is 0 Å². The van der Waals surface area contributed by atoms with Crippen molar-refractivity contribution in [1.29, 1.82) is 0 Å². The number of likely N-dealkylation sites (tertiary alicyclic amines) is 1. The number of carbonyl (C=O) groups is 1. The van der Waals surface area contributed by atoms with Crippen molar-refractivity contribution >= 4 is 5.91 Å². The van der Waals surface area contributed by atoms with Crippen molar-refractivity contribution in [3.05, 3.63) is 18.0 Å². The summed E-state index contributed by atoms with van der Waals surface area (Å²) in [6.07, 6.45) is 2.82. The average Bonchev–Trinajstić information content (AvgIpc) is 3.12. The van der Waals surface area contributed by atoms with Gasteiger partial charge in [0.15, 0.2) is 0 Å². The zero-order chi connectivity index (χ0) is 14.3. The number of β-amino-alcohol motifs (C(OH)–C–C–N with tert-alkyl or cyclic N) is 1. The quantitative estimate of drug-likeness (QED) is 0.870. The van der Waals surface area contributed by atoms with Crippen molar-refractivity contribution in [2.45, 2.75) is 44.4 Å². The summed E-state index contributed by atoms with van der Waals surface area (Å²) >= 11 is 0. The van der Waals surface area contributed by atoms with Crippen LogP contribution in [0.15, 0.2) is 12.3 Å². The number of ether oxygens (including phenoxy) is 1. The van der Waals surface area contributed by atoms with Crippen molar-refractivity contribution in [2.24, 2.45) is 0 Å². The maximum Gasteiger partial charge on any atom is 0.272 e. The van der Waals surface area contributed by atoms with Crippen LogP contribution in [0.5, 0.6) is 0 Å². The van der Waals surface area contributed by atoms with Gasteiger partial charge in [0.25, 0.3) is 5.91 Å². The molecule has 2 aliphatic heterocycles. The third kappa shape index (κ3) is 2.03. The number of hydrogen-bond donors (Lipinski definition) is 1. The minimum absolute atomic E-state index is 0.0809. The number of aliphatic hydroxyl groups excluding tert-OH is 1. The summed E-state index contributed by atoms with van der Waals surface area (Å²) in [5, 5.41) is 14.4. The Morgan fingerprint density at radius 3 is 3.05 bits per heavy atom. The monoisotopic (exact) mass is 279 g/mol. The fourth-order valence-corrected chi connectivity index (χ4v) is 3.19. The Bertz CT molecular complexity index is 506. The van der Waals surface area contributed by atoms with Gasteiger partial charge in [0.1, 0.15) is 17.4 Å². The number of hydrogen-bond acceptors (Lipinski definition) is 4. The first-order valence-electron chi connectivity index (χ1n) is 7.18. The highest BCUT2D eigenvalue weighted by Crippen LogP contribution is 2.35. The van der Waals surface area contributed by atoms with Crippen molar-refractivity contribution in [3.8, 4) is 0 Å².